The number of rotatable bonds is 4. The monoisotopic (exact) mass is 248 g/mol. The van der Waals surface area contributed by atoms with Crippen LogP contribution in [-0.2, 0) is 4.79 Å². The molecule has 2 N–H and O–H groups in total. The Morgan fingerprint density at radius 1 is 1.53 bits per heavy atom. The maximum Gasteiger partial charge on any atom is 0.239 e. The van der Waals surface area contributed by atoms with Crippen LogP contribution in [0.15, 0.2) is 6.20 Å². The van der Waals surface area contributed by atoms with E-state index in [0.717, 1.165) is 0 Å². The zero-order valence-electron chi connectivity index (χ0n) is 8.05. The lowest BCUT2D eigenvalue weighted by molar-refractivity contribution is -0.119. The van der Waals surface area contributed by atoms with Gasteiger partial charge in [0, 0.05) is 6.54 Å². The highest BCUT2D eigenvalue weighted by Crippen LogP contribution is 2.18. The maximum atomic E-state index is 11.1. The Morgan fingerprint density at radius 2 is 2.27 bits per heavy atom. The van der Waals surface area contributed by atoms with Gasteiger partial charge in [0.25, 0.3) is 0 Å². The Balaban J connectivity index is 2.57. The first-order chi connectivity index (χ1) is 7.13. The predicted molar refractivity (Wildman–Crippen MR) is 59.2 cm³/mol. The van der Waals surface area contributed by atoms with Gasteiger partial charge in [0.05, 0.1) is 12.7 Å². The number of amides is 1. The standard InChI is InChI=1S/C8H10Cl2N4O/c1-2-11-6(15)4-12-7-5(9)3-13-8(10)14-7/h3H,2,4H2,1H3,(H,11,15)(H,12,13,14). The van der Waals surface area contributed by atoms with Gasteiger partial charge < -0.3 is 10.6 Å². The van der Waals surface area contributed by atoms with Crippen LogP contribution >= 0.6 is 23.2 Å². The van der Waals surface area contributed by atoms with E-state index in [9.17, 15) is 4.79 Å². The summed E-state index contributed by atoms with van der Waals surface area (Å²) in [4.78, 5) is 18.6. The molecular weight excluding hydrogens is 239 g/mol. The summed E-state index contributed by atoms with van der Waals surface area (Å²) < 4.78 is 0. The normalized spacial score (nSPS) is 9.80. The molecule has 15 heavy (non-hydrogen) atoms. The number of nitrogens with one attached hydrogen (secondary N) is 2. The van der Waals surface area contributed by atoms with E-state index in [0.29, 0.717) is 17.4 Å². The minimum absolute atomic E-state index is 0.0813. The number of nitrogens with zero attached hydrogens (tertiary/aromatic N) is 2. The van der Waals surface area contributed by atoms with E-state index >= 15 is 0 Å². The molecule has 0 saturated heterocycles. The fraction of sp³-hybridized carbons (Fsp3) is 0.375. The van der Waals surface area contributed by atoms with Crippen molar-refractivity contribution in [1.82, 2.24) is 15.3 Å². The highest BCUT2D eigenvalue weighted by Gasteiger charge is 2.05. The number of anilines is 1. The van der Waals surface area contributed by atoms with E-state index in [-0.39, 0.29) is 17.7 Å². The molecule has 0 aromatic carbocycles. The van der Waals surface area contributed by atoms with Crippen molar-refractivity contribution in [3.63, 3.8) is 0 Å². The summed E-state index contributed by atoms with van der Waals surface area (Å²) in [5.74, 6) is 0.214. The van der Waals surface area contributed by atoms with E-state index in [1.54, 1.807) is 0 Å². The summed E-state index contributed by atoms with van der Waals surface area (Å²) in [5.41, 5.74) is 0. The van der Waals surface area contributed by atoms with Crippen molar-refractivity contribution in [3.05, 3.63) is 16.5 Å². The molecule has 0 aliphatic carbocycles. The van der Waals surface area contributed by atoms with Crippen LogP contribution in [0.25, 0.3) is 0 Å². The molecule has 1 rings (SSSR count). The third-order valence-electron chi connectivity index (χ3n) is 1.51. The van der Waals surface area contributed by atoms with E-state index in [1.807, 2.05) is 6.92 Å². The highest BCUT2D eigenvalue weighted by molar-refractivity contribution is 6.33. The molecule has 0 spiro atoms. The molecule has 5 nitrogen and oxygen atoms in total. The number of halogens is 2. The summed E-state index contributed by atoms with van der Waals surface area (Å²) in [7, 11) is 0. The van der Waals surface area contributed by atoms with Crippen molar-refractivity contribution in [2.75, 3.05) is 18.4 Å². The molecule has 1 amide bonds. The quantitative estimate of drug-likeness (QED) is 0.790. The number of likely N-dealkylation sites (N-methyl/N-ethyl adjacent to an activating group) is 1. The summed E-state index contributed by atoms with van der Waals surface area (Å²) in [5, 5.41) is 5.79. The average molecular weight is 249 g/mol. The van der Waals surface area contributed by atoms with Gasteiger partial charge in [-0.1, -0.05) is 11.6 Å². The van der Waals surface area contributed by atoms with E-state index in [1.165, 1.54) is 6.20 Å². The molecule has 1 aromatic rings. The van der Waals surface area contributed by atoms with Gasteiger partial charge in [-0.3, -0.25) is 4.79 Å². The minimum Gasteiger partial charge on any atom is -0.360 e. The number of carbonyl (C=O) groups excluding carboxylic acids is 1. The van der Waals surface area contributed by atoms with Gasteiger partial charge in [-0.2, -0.15) is 4.98 Å². The second kappa shape index (κ2) is 5.72. The number of hydrogen-bond acceptors (Lipinski definition) is 4. The molecule has 0 atom stereocenters. The van der Waals surface area contributed by atoms with Gasteiger partial charge in [-0.25, -0.2) is 4.98 Å². The van der Waals surface area contributed by atoms with Crippen LogP contribution in [0.2, 0.25) is 10.3 Å². The number of hydrogen-bond donors (Lipinski definition) is 2. The summed E-state index contributed by atoms with van der Waals surface area (Å²) >= 11 is 11.4. The Morgan fingerprint density at radius 3 is 2.93 bits per heavy atom. The first-order valence-electron chi connectivity index (χ1n) is 4.32. The lowest BCUT2D eigenvalue weighted by atomic mass is 10.5. The van der Waals surface area contributed by atoms with Gasteiger partial charge in [0.2, 0.25) is 11.2 Å². The Bertz CT molecular complexity index is 358. The van der Waals surface area contributed by atoms with Crippen LogP contribution in [0.5, 0.6) is 0 Å². The fourth-order valence-electron chi connectivity index (χ4n) is 0.893. The molecule has 1 aromatic heterocycles. The fourth-order valence-corrected chi connectivity index (χ4v) is 1.18. The van der Waals surface area contributed by atoms with Crippen LogP contribution in [-0.4, -0.2) is 29.0 Å². The number of aromatic nitrogens is 2. The Kier molecular flexibility index (Phi) is 4.58. The number of carbonyl (C=O) groups is 1. The van der Waals surface area contributed by atoms with Crippen molar-refractivity contribution in [2.24, 2.45) is 0 Å². The lowest BCUT2D eigenvalue weighted by Gasteiger charge is -2.06. The van der Waals surface area contributed by atoms with Crippen molar-refractivity contribution >= 4 is 34.9 Å². The SMILES string of the molecule is CCNC(=O)CNc1nc(Cl)ncc1Cl. The van der Waals surface area contributed by atoms with Crippen molar-refractivity contribution in [1.29, 1.82) is 0 Å². The van der Waals surface area contributed by atoms with Gasteiger partial charge in [-0.15, -0.1) is 0 Å². The molecule has 0 radical (unpaired) electrons. The van der Waals surface area contributed by atoms with Crippen molar-refractivity contribution in [3.8, 4) is 0 Å². The molecule has 7 heteroatoms. The highest BCUT2D eigenvalue weighted by atomic mass is 35.5. The minimum atomic E-state index is -0.136. The second-order valence-electron chi connectivity index (χ2n) is 2.64. The van der Waals surface area contributed by atoms with Crippen LogP contribution in [0.4, 0.5) is 5.82 Å². The van der Waals surface area contributed by atoms with Crippen LogP contribution in [0, 0.1) is 0 Å². The van der Waals surface area contributed by atoms with Gasteiger partial charge in [-0.05, 0) is 18.5 Å². The topological polar surface area (TPSA) is 66.9 Å². The molecule has 0 bridgehead atoms. The average Bonchev–Trinajstić information content (AvgIpc) is 2.20. The predicted octanol–water partition coefficient (Wildman–Crippen LogP) is 1.33. The van der Waals surface area contributed by atoms with Gasteiger partial charge >= 0.3 is 0 Å². The van der Waals surface area contributed by atoms with Gasteiger partial charge in [0.15, 0.2) is 0 Å². The van der Waals surface area contributed by atoms with E-state index in [4.69, 9.17) is 23.2 Å². The smallest absolute Gasteiger partial charge is 0.239 e. The Labute approximate surface area is 97.2 Å². The van der Waals surface area contributed by atoms with Crippen LogP contribution in [0.3, 0.4) is 0 Å². The first-order valence-corrected chi connectivity index (χ1v) is 5.07. The van der Waals surface area contributed by atoms with Crippen LogP contribution in [0.1, 0.15) is 6.92 Å². The van der Waals surface area contributed by atoms with E-state index < -0.39 is 0 Å². The molecule has 1 heterocycles. The summed E-state index contributed by atoms with van der Waals surface area (Å²) in [6.07, 6.45) is 1.37. The molecule has 0 aliphatic rings. The van der Waals surface area contributed by atoms with Crippen molar-refractivity contribution in [2.45, 2.75) is 6.92 Å². The zero-order chi connectivity index (χ0) is 11.3. The van der Waals surface area contributed by atoms with Gasteiger partial charge in [0.1, 0.15) is 10.8 Å². The Hall–Kier alpha value is -1.07. The second-order valence-corrected chi connectivity index (χ2v) is 3.39. The van der Waals surface area contributed by atoms with E-state index in [2.05, 4.69) is 20.6 Å². The molecule has 0 saturated carbocycles. The molecule has 0 aliphatic heterocycles. The largest absolute Gasteiger partial charge is 0.360 e. The summed E-state index contributed by atoms with van der Waals surface area (Å²) in [6.45, 7) is 2.52. The van der Waals surface area contributed by atoms with Crippen LogP contribution < -0.4 is 10.6 Å². The zero-order valence-corrected chi connectivity index (χ0v) is 9.56. The molecule has 82 valence electrons. The lowest BCUT2D eigenvalue weighted by Crippen LogP contribution is -2.29. The maximum absolute atomic E-state index is 11.1. The first kappa shape index (κ1) is 12.0. The third-order valence-corrected chi connectivity index (χ3v) is 1.96. The van der Waals surface area contributed by atoms with Crippen molar-refractivity contribution < 1.29 is 4.79 Å². The molecular formula is C8H10Cl2N4O. The third kappa shape index (κ3) is 3.89. The molecule has 0 unspecified atom stereocenters. The summed E-state index contributed by atoms with van der Waals surface area (Å²) in [6, 6.07) is 0. The molecule has 0 fully saturated rings.